The van der Waals surface area contributed by atoms with Crippen LogP contribution in [-0.4, -0.2) is 49.6 Å². The van der Waals surface area contributed by atoms with Crippen molar-refractivity contribution in [2.75, 3.05) is 32.7 Å². The van der Waals surface area contributed by atoms with Gasteiger partial charge in [0.15, 0.2) is 0 Å². The van der Waals surface area contributed by atoms with Crippen molar-refractivity contribution in [3.63, 3.8) is 0 Å². The van der Waals surface area contributed by atoms with E-state index in [-0.39, 0.29) is 24.2 Å². The number of rotatable bonds is 4. The minimum Gasteiger partial charge on any atom is -0.355 e. The zero-order valence-electron chi connectivity index (χ0n) is 12.2. The molecule has 0 bridgehead atoms. The summed E-state index contributed by atoms with van der Waals surface area (Å²) >= 11 is 0. The highest BCUT2D eigenvalue weighted by molar-refractivity contribution is 5.85. The maximum Gasteiger partial charge on any atom is 0.224 e. The van der Waals surface area contributed by atoms with Crippen LogP contribution in [0.3, 0.4) is 0 Å². The monoisotopic (exact) mass is 289 g/mol. The van der Waals surface area contributed by atoms with Crippen LogP contribution in [0.1, 0.15) is 33.1 Å². The number of hydrogen-bond donors (Lipinski definition) is 2. The van der Waals surface area contributed by atoms with Crippen LogP contribution >= 0.6 is 12.4 Å². The molecule has 3 atom stereocenters. The maximum absolute atomic E-state index is 12.2. The molecular formula is C14H28ClN3O. The Morgan fingerprint density at radius 3 is 2.84 bits per heavy atom. The summed E-state index contributed by atoms with van der Waals surface area (Å²) in [5.41, 5.74) is 0. The van der Waals surface area contributed by atoms with E-state index in [2.05, 4.69) is 29.4 Å². The Labute approximate surface area is 123 Å². The number of halogens is 1. The van der Waals surface area contributed by atoms with Gasteiger partial charge in [0.25, 0.3) is 0 Å². The van der Waals surface area contributed by atoms with E-state index in [0.717, 1.165) is 39.0 Å². The van der Waals surface area contributed by atoms with E-state index in [1.54, 1.807) is 0 Å². The molecule has 0 aromatic heterocycles. The smallest absolute Gasteiger partial charge is 0.224 e. The summed E-state index contributed by atoms with van der Waals surface area (Å²) < 4.78 is 0. The molecule has 2 N–H and O–H groups in total. The van der Waals surface area contributed by atoms with Crippen molar-refractivity contribution >= 4 is 18.3 Å². The standard InChI is InChI=1S/C14H27N3O.ClH/c1-3-17-8-6-12(10-17)9-16-14(18)13-5-4-7-15-11(13)2;/h11-13,15H,3-10H2,1-2H3,(H,16,18);1H. The van der Waals surface area contributed by atoms with E-state index in [1.165, 1.54) is 13.0 Å². The number of carbonyl (C=O) groups excluding carboxylic acids is 1. The molecule has 1 amide bonds. The molecule has 19 heavy (non-hydrogen) atoms. The zero-order chi connectivity index (χ0) is 13.0. The summed E-state index contributed by atoms with van der Waals surface area (Å²) in [5.74, 6) is 1.08. The Morgan fingerprint density at radius 2 is 2.21 bits per heavy atom. The summed E-state index contributed by atoms with van der Waals surface area (Å²) in [6.07, 6.45) is 3.38. The SMILES string of the molecule is CCN1CCC(CNC(=O)C2CCCNC2C)C1.Cl. The van der Waals surface area contributed by atoms with Gasteiger partial charge in [0.2, 0.25) is 5.91 Å². The lowest BCUT2D eigenvalue weighted by molar-refractivity contribution is -0.126. The molecule has 0 aliphatic carbocycles. The second-order valence-corrected chi connectivity index (χ2v) is 5.78. The van der Waals surface area contributed by atoms with Gasteiger partial charge >= 0.3 is 0 Å². The van der Waals surface area contributed by atoms with E-state index in [9.17, 15) is 4.79 Å². The van der Waals surface area contributed by atoms with Gasteiger partial charge in [-0.05, 0) is 51.7 Å². The number of nitrogens with zero attached hydrogens (tertiary/aromatic N) is 1. The van der Waals surface area contributed by atoms with Crippen molar-refractivity contribution in [3.8, 4) is 0 Å². The van der Waals surface area contributed by atoms with Gasteiger partial charge in [-0.2, -0.15) is 0 Å². The molecule has 2 aliphatic heterocycles. The van der Waals surface area contributed by atoms with Crippen LogP contribution in [0.15, 0.2) is 0 Å². The van der Waals surface area contributed by atoms with Crippen molar-refractivity contribution < 1.29 is 4.79 Å². The summed E-state index contributed by atoms with van der Waals surface area (Å²) in [6.45, 7) is 9.72. The topological polar surface area (TPSA) is 44.4 Å². The van der Waals surface area contributed by atoms with E-state index in [1.807, 2.05) is 0 Å². The Bertz CT molecular complexity index is 288. The predicted molar refractivity (Wildman–Crippen MR) is 80.7 cm³/mol. The molecular weight excluding hydrogens is 262 g/mol. The van der Waals surface area contributed by atoms with Crippen LogP contribution in [0, 0.1) is 11.8 Å². The van der Waals surface area contributed by atoms with Crippen LogP contribution in [-0.2, 0) is 4.79 Å². The van der Waals surface area contributed by atoms with Crippen molar-refractivity contribution in [2.24, 2.45) is 11.8 Å². The first kappa shape index (κ1) is 16.7. The molecule has 2 saturated heterocycles. The lowest BCUT2D eigenvalue weighted by atomic mass is 9.91. The fourth-order valence-electron chi connectivity index (χ4n) is 3.14. The third-order valence-electron chi connectivity index (χ3n) is 4.48. The molecule has 2 aliphatic rings. The minimum absolute atomic E-state index is 0. The number of piperidine rings is 1. The second-order valence-electron chi connectivity index (χ2n) is 5.78. The average Bonchev–Trinajstić information content (AvgIpc) is 2.84. The zero-order valence-corrected chi connectivity index (χ0v) is 13.0. The van der Waals surface area contributed by atoms with Gasteiger partial charge in [-0.3, -0.25) is 4.79 Å². The molecule has 0 saturated carbocycles. The predicted octanol–water partition coefficient (Wildman–Crippen LogP) is 1.25. The van der Waals surface area contributed by atoms with Gasteiger partial charge in [0, 0.05) is 19.1 Å². The summed E-state index contributed by atoms with van der Waals surface area (Å²) in [6, 6.07) is 0.328. The van der Waals surface area contributed by atoms with Crippen molar-refractivity contribution in [1.29, 1.82) is 0 Å². The minimum atomic E-state index is 0. The Hall–Kier alpha value is -0.320. The normalized spacial score (nSPS) is 31.8. The molecule has 2 rings (SSSR count). The molecule has 0 spiro atoms. The van der Waals surface area contributed by atoms with Gasteiger partial charge < -0.3 is 15.5 Å². The van der Waals surface area contributed by atoms with Crippen LogP contribution < -0.4 is 10.6 Å². The molecule has 5 heteroatoms. The largest absolute Gasteiger partial charge is 0.355 e. The van der Waals surface area contributed by atoms with E-state index in [4.69, 9.17) is 0 Å². The molecule has 3 unspecified atom stereocenters. The molecule has 112 valence electrons. The van der Waals surface area contributed by atoms with Gasteiger partial charge in [0.05, 0.1) is 5.92 Å². The van der Waals surface area contributed by atoms with Crippen LogP contribution in [0.5, 0.6) is 0 Å². The molecule has 0 radical (unpaired) electrons. The lowest BCUT2D eigenvalue weighted by Gasteiger charge is -2.29. The highest BCUT2D eigenvalue weighted by atomic mass is 35.5. The molecule has 4 nitrogen and oxygen atoms in total. The summed E-state index contributed by atoms with van der Waals surface area (Å²) in [7, 11) is 0. The Balaban J connectivity index is 0.00000180. The molecule has 0 aromatic rings. The quantitative estimate of drug-likeness (QED) is 0.819. The highest BCUT2D eigenvalue weighted by Crippen LogP contribution is 2.18. The van der Waals surface area contributed by atoms with Crippen molar-refractivity contribution in [3.05, 3.63) is 0 Å². The second kappa shape index (κ2) is 8.08. The van der Waals surface area contributed by atoms with Crippen molar-refractivity contribution in [1.82, 2.24) is 15.5 Å². The van der Waals surface area contributed by atoms with Gasteiger partial charge in [-0.25, -0.2) is 0 Å². The van der Waals surface area contributed by atoms with E-state index >= 15 is 0 Å². The molecule has 0 aromatic carbocycles. The van der Waals surface area contributed by atoms with Gasteiger partial charge in [0.1, 0.15) is 0 Å². The van der Waals surface area contributed by atoms with Crippen LogP contribution in [0.2, 0.25) is 0 Å². The molecule has 2 heterocycles. The first-order valence-corrected chi connectivity index (χ1v) is 7.44. The first-order valence-electron chi connectivity index (χ1n) is 7.44. The van der Waals surface area contributed by atoms with E-state index in [0.29, 0.717) is 12.0 Å². The number of hydrogen-bond acceptors (Lipinski definition) is 3. The summed E-state index contributed by atoms with van der Waals surface area (Å²) in [4.78, 5) is 14.6. The van der Waals surface area contributed by atoms with Crippen LogP contribution in [0.4, 0.5) is 0 Å². The highest BCUT2D eigenvalue weighted by Gasteiger charge is 2.28. The van der Waals surface area contributed by atoms with Crippen molar-refractivity contribution in [2.45, 2.75) is 39.2 Å². The first-order chi connectivity index (χ1) is 8.70. The van der Waals surface area contributed by atoms with Gasteiger partial charge in [-0.1, -0.05) is 6.92 Å². The molecule has 2 fully saturated rings. The summed E-state index contributed by atoms with van der Waals surface area (Å²) in [5, 5.41) is 6.55. The maximum atomic E-state index is 12.2. The lowest BCUT2D eigenvalue weighted by Crippen LogP contribution is -2.47. The number of nitrogens with one attached hydrogen (secondary N) is 2. The van der Waals surface area contributed by atoms with E-state index < -0.39 is 0 Å². The number of likely N-dealkylation sites (tertiary alicyclic amines) is 1. The average molecular weight is 290 g/mol. The third-order valence-corrected chi connectivity index (χ3v) is 4.48. The Morgan fingerprint density at radius 1 is 1.42 bits per heavy atom. The van der Waals surface area contributed by atoms with Crippen LogP contribution in [0.25, 0.3) is 0 Å². The number of carbonyl (C=O) groups is 1. The van der Waals surface area contributed by atoms with Gasteiger partial charge in [-0.15, -0.1) is 12.4 Å². The third kappa shape index (κ3) is 4.62. The Kier molecular flexibility index (Phi) is 7.11. The fourth-order valence-corrected chi connectivity index (χ4v) is 3.14. The fraction of sp³-hybridized carbons (Fsp3) is 0.929. The number of amides is 1.